The number of urea groups is 2. The van der Waals surface area contributed by atoms with Gasteiger partial charge in [-0.05, 0) is 135 Å². The van der Waals surface area contributed by atoms with Crippen molar-refractivity contribution in [1.29, 1.82) is 0 Å². The summed E-state index contributed by atoms with van der Waals surface area (Å²) in [5.74, 6) is 1.45. The predicted octanol–water partition coefficient (Wildman–Crippen LogP) is 7.74. The highest BCUT2D eigenvalue weighted by Gasteiger charge is 2.61. The quantitative estimate of drug-likeness (QED) is 0.320. The molecule has 0 aromatic heterocycles. The molecule has 4 amide bonds. The van der Waals surface area contributed by atoms with Crippen LogP contribution in [0.4, 0.5) is 21.0 Å². The van der Waals surface area contributed by atoms with E-state index in [1.54, 1.807) is 0 Å². The Morgan fingerprint density at radius 1 is 0.641 bits per heavy atom. The minimum Gasteiger partial charge on any atom is -0.332 e. The van der Waals surface area contributed by atoms with E-state index in [0.29, 0.717) is 27.3 Å². The monoisotopic (exact) mass is 532 g/mol. The SMILES string of the molecule is Cc1ccc(NC(=O)NC23CC4C[C@@](C)(C2)C[C@@](C)(C4)C3)cc1NC(=O)NC12CC3C[C@@](C)(C1)C[C@@](C)(C3)C2. The summed E-state index contributed by atoms with van der Waals surface area (Å²) in [4.78, 5) is 26.6. The maximum Gasteiger partial charge on any atom is 0.319 e. The first-order valence-electron chi connectivity index (χ1n) is 15.5. The van der Waals surface area contributed by atoms with Gasteiger partial charge in [0.25, 0.3) is 0 Å². The van der Waals surface area contributed by atoms with Crippen LogP contribution in [0.5, 0.6) is 0 Å². The van der Waals surface area contributed by atoms with Gasteiger partial charge in [-0.3, -0.25) is 0 Å². The van der Waals surface area contributed by atoms with E-state index in [0.717, 1.165) is 61.6 Å². The van der Waals surface area contributed by atoms with Crippen molar-refractivity contribution in [2.45, 2.75) is 123 Å². The van der Waals surface area contributed by atoms with Crippen molar-refractivity contribution in [3.8, 4) is 0 Å². The van der Waals surface area contributed by atoms with Crippen LogP contribution in [0.2, 0.25) is 0 Å². The Bertz CT molecular complexity index is 1200. The van der Waals surface area contributed by atoms with Crippen LogP contribution in [0, 0.1) is 40.4 Å². The van der Waals surface area contributed by atoms with Gasteiger partial charge in [0, 0.05) is 22.5 Å². The van der Waals surface area contributed by atoms with Crippen LogP contribution in [0.3, 0.4) is 0 Å². The highest BCUT2D eigenvalue weighted by atomic mass is 16.2. The van der Waals surface area contributed by atoms with Crippen LogP contribution < -0.4 is 21.3 Å². The smallest absolute Gasteiger partial charge is 0.319 e. The van der Waals surface area contributed by atoms with Gasteiger partial charge in [-0.25, -0.2) is 9.59 Å². The zero-order valence-corrected chi connectivity index (χ0v) is 24.7. The summed E-state index contributed by atoms with van der Waals surface area (Å²) in [6, 6.07) is 5.56. The molecule has 9 rings (SSSR count). The molecule has 0 radical (unpaired) electrons. The van der Waals surface area contributed by atoms with Gasteiger partial charge in [0.05, 0.1) is 0 Å². The Kier molecular flexibility index (Phi) is 5.24. The predicted molar refractivity (Wildman–Crippen MR) is 156 cm³/mol. The summed E-state index contributed by atoms with van der Waals surface area (Å²) in [7, 11) is 0. The molecule has 6 heteroatoms. The zero-order chi connectivity index (χ0) is 27.5. The first-order chi connectivity index (χ1) is 18.2. The number of aryl methyl sites for hydroxylation is 1. The molecule has 8 bridgehead atoms. The molecule has 8 aliphatic rings. The number of carbonyl (C=O) groups excluding carboxylic acids is 2. The van der Waals surface area contributed by atoms with E-state index < -0.39 is 0 Å². The molecule has 212 valence electrons. The molecule has 0 saturated heterocycles. The van der Waals surface area contributed by atoms with E-state index in [1.807, 2.05) is 25.1 Å². The Balaban J connectivity index is 1.02. The lowest BCUT2D eigenvalue weighted by Crippen LogP contribution is -2.65. The molecule has 8 aliphatic carbocycles. The number of amides is 4. The second kappa shape index (κ2) is 7.94. The van der Waals surface area contributed by atoms with E-state index >= 15 is 0 Å². The summed E-state index contributed by atoms with van der Waals surface area (Å²) in [5.41, 5.74) is 3.66. The van der Waals surface area contributed by atoms with Crippen LogP contribution in [0.15, 0.2) is 18.2 Å². The van der Waals surface area contributed by atoms with E-state index in [-0.39, 0.29) is 23.1 Å². The van der Waals surface area contributed by atoms with Crippen LogP contribution in [-0.4, -0.2) is 23.1 Å². The van der Waals surface area contributed by atoms with Crippen molar-refractivity contribution in [1.82, 2.24) is 10.6 Å². The fourth-order valence-electron chi connectivity index (χ4n) is 12.8. The van der Waals surface area contributed by atoms with Crippen molar-refractivity contribution in [2.24, 2.45) is 33.5 Å². The average Bonchev–Trinajstić information content (AvgIpc) is 2.69. The van der Waals surface area contributed by atoms with Crippen molar-refractivity contribution in [3.63, 3.8) is 0 Å². The van der Waals surface area contributed by atoms with Gasteiger partial charge >= 0.3 is 12.1 Å². The van der Waals surface area contributed by atoms with Crippen molar-refractivity contribution in [3.05, 3.63) is 23.8 Å². The maximum atomic E-state index is 13.3. The average molecular weight is 533 g/mol. The summed E-state index contributed by atoms with van der Waals surface area (Å²) < 4.78 is 0. The highest BCUT2D eigenvalue weighted by molar-refractivity contribution is 5.94. The molecule has 0 spiro atoms. The molecule has 1 aromatic rings. The third kappa shape index (κ3) is 4.54. The van der Waals surface area contributed by atoms with Crippen LogP contribution in [-0.2, 0) is 0 Å². The lowest BCUT2D eigenvalue weighted by molar-refractivity contribution is -0.113. The largest absolute Gasteiger partial charge is 0.332 e. The summed E-state index contributed by atoms with van der Waals surface area (Å²) in [6.07, 6.45) is 14.4. The number of rotatable bonds is 4. The fraction of sp³-hybridized carbons (Fsp3) is 0.758. The third-order valence-corrected chi connectivity index (χ3v) is 11.8. The number of hydrogen-bond acceptors (Lipinski definition) is 2. The van der Waals surface area contributed by atoms with E-state index in [2.05, 4.69) is 49.0 Å². The number of benzene rings is 1. The lowest BCUT2D eigenvalue weighted by atomic mass is 9.43. The second-order valence-corrected chi connectivity index (χ2v) is 17.0. The van der Waals surface area contributed by atoms with Gasteiger partial charge < -0.3 is 21.3 Å². The van der Waals surface area contributed by atoms with Crippen LogP contribution >= 0.6 is 0 Å². The Morgan fingerprint density at radius 3 is 1.51 bits per heavy atom. The van der Waals surface area contributed by atoms with Crippen molar-refractivity contribution >= 4 is 23.4 Å². The normalized spacial score (nSPS) is 46.7. The molecule has 0 unspecified atom stereocenters. The first kappa shape index (κ1) is 25.7. The van der Waals surface area contributed by atoms with E-state index in [4.69, 9.17) is 0 Å². The minimum absolute atomic E-state index is 0.0934. The molecule has 4 atom stereocenters. The first-order valence-corrected chi connectivity index (χ1v) is 15.5. The lowest BCUT2D eigenvalue weighted by Gasteiger charge is -2.65. The molecular formula is C33H48N4O2. The molecule has 8 fully saturated rings. The molecular weight excluding hydrogens is 484 g/mol. The topological polar surface area (TPSA) is 82.3 Å². The molecule has 6 nitrogen and oxygen atoms in total. The third-order valence-electron chi connectivity index (χ3n) is 11.8. The standard InChI is InChI=1S/C33H48N4O2/c1-21-6-7-24(34-26(38)36-32-13-22-9-28(2,17-32)15-29(3,10-22)18-32)8-25(21)35-27(39)37-33-14-23-11-30(4,19-33)16-31(5,12-23)20-33/h6-8,22-23H,9-20H2,1-5H3,(H2,34,36,38)(H2,35,37,39)/t22?,23?,28-,29-,30-,31-,32?,33?/m1/s1. The fourth-order valence-corrected chi connectivity index (χ4v) is 12.8. The molecule has 39 heavy (non-hydrogen) atoms. The number of hydrogen-bond donors (Lipinski definition) is 4. The molecule has 0 aliphatic heterocycles. The molecule has 0 heterocycles. The zero-order valence-electron chi connectivity index (χ0n) is 24.7. The van der Waals surface area contributed by atoms with Crippen molar-refractivity contribution < 1.29 is 9.59 Å². The molecule has 1 aromatic carbocycles. The van der Waals surface area contributed by atoms with Crippen LogP contribution in [0.1, 0.15) is 110 Å². The van der Waals surface area contributed by atoms with Crippen molar-refractivity contribution in [2.75, 3.05) is 10.6 Å². The van der Waals surface area contributed by atoms with E-state index in [1.165, 1.54) is 38.5 Å². The Labute approximate surface area is 234 Å². The second-order valence-electron chi connectivity index (χ2n) is 17.0. The van der Waals surface area contributed by atoms with Gasteiger partial charge in [-0.1, -0.05) is 33.8 Å². The van der Waals surface area contributed by atoms with Gasteiger partial charge in [0.15, 0.2) is 0 Å². The van der Waals surface area contributed by atoms with Crippen LogP contribution in [0.25, 0.3) is 0 Å². The Morgan fingerprint density at radius 2 is 1.08 bits per heavy atom. The van der Waals surface area contributed by atoms with Gasteiger partial charge in [-0.15, -0.1) is 0 Å². The summed E-state index contributed by atoms with van der Waals surface area (Å²) in [6.45, 7) is 11.7. The highest BCUT2D eigenvalue weighted by Crippen LogP contribution is 2.67. The number of nitrogens with one attached hydrogen (secondary N) is 4. The van der Waals surface area contributed by atoms with Gasteiger partial charge in [0.1, 0.15) is 0 Å². The molecule has 8 saturated carbocycles. The summed E-state index contributed by atoms with van der Waals surface area (Å²) >= 11 is 0. The minimum atomic E-state index is -0.126. The van der Waals surface area contributed by atoms with E-state index in [9.17, 15) is 9.59 Å². The summed E-state index contributed by atoms with van der Waals surface area (Å²) in [5, 5.41) is 13.1. The molecule has 4 N–H and O–H groups in total. The Hall–Kier alpha value is -2.24. The number of anilines is 2. The number of carbonyl (C=O) groups is 2. The van der Waals surface area contributed by atoms with Gasteiger partial charge in [0.2, 0.25) is 0 Å². The van der Waals surface area contributed by atoms with Gasteiger partial charge in [-0.2, -0.15) is 0 Å². The maximum absolute atomic E-state index is 13.3.